The van der Waals surface area contributed by atoms with Crippen LogP contribution in [0, 0.1) is 6.92 Å². The quantitative estimate of drug-likeness (QED) is 0.304. The Kier molecular flexibility index (Phi) is 3.72. The van der Waals surface area contributed by atoms with Crippen LogP contribution in [0.2, 0.25) is 0 Å². The molecule has 0 aliphatic rings. The fourth-order valence-corrected chi connectivity index (χ4v) is 4.29. The third kappa shape index (κ3) is 2.61. The van der Waals surface area contributed by atoms with Gasteiger partial charge in [0.2, 0.25) is 0 Å². The zero-order chi connectivity index (χ0) is 20.1. The van der Waals surface area contributed by atoms with E-state index in [9.17, 15) is 0 Å². The molecular weight excluding hydrogens is 366 g/mol. The molecule has 0 aliphatic carbocycles. The van der Waals surface area contributed by atoms with Crippen molar-refractivity contribution < 1.29 is 4.42 Å². The van der Waals surface area contributed by atoms with Crippen LogP contribution in [0.25, 0.3) is 55.1 Å². The van der Waals surface area contributed by atoms with Crippen molar-refractivity contribution >= 4 is 32.7 Å². The molecule has 142 valence electrons. The largest absolute Gasteiger partial charge is 0.455 e. The summed E-state index contributed by atoms with van der Waals surface area (Å²) >= 11 is 0. The molecule has 2 heterocycles. The molecule has 0 saturated carbocycles. The second kappa shape index (κ2) is 6.57. The molecule has 0 radical (unpaired) electrons. The first-order chi connectivity index (χ1) is 14.8. The highest BCUT2D eigenvalue weighted by molar-refractivity contribution is 6.09. The number of pyridine rings is 1. The molecule has 6 aromatic rings. The van der Waals surface area contributed by atoms with Gasteiger partial charge in [-0.3, -0.25) is 4.98 Å². The van der Waals surface area contributed by atoms with Crippen molar-refractivity contribution in [3.63, 3.8) is 0 Å². The lowest BCUT2D eigenvalue weighted by Gasteiger charge is -2.10. The zero-order valence-electron chi connectivity index (χ0n) is 16.6. The van der Waals surface area contributed by atoms with Crippen LogP contribution in [-0.4, -0.2) is 4.98 Å². The SMILES string of the molecule is Cc1cnc(-c2cccc3c2oc2ccccc23)cc1-c1ccc2ccccc2c1. The van der Waals surface area contributed by atoms with Crippen molar-refractivity contribution in [3.05, 3.63) is 103 Å². The number of para-hydroxylation sites is 2. The lowest BCUT2D eigenvalue weighted by molar-refractivity contribution is 0.670. The minimum atomic E-state index is 0.888. The average molecular weight is 385 g/mol. The molecule has 6 rings (SSSR count). The summed E-state index contributed by atoms with van der Waals surface area (Å²) in [4.78, 5) is 4.76. The highest BCUT2D eigenvalue weighted by Crippen LogP contribution is 2.36. The summed E-state index contributed by atoms with van der Waals surface area (Å²) < 4.78 is 6.23. The van der Waals surface area contributed by atoms with Gasteiger partial charge in [0, 0.05) is 22.5 Å². The summed E-state index contributed by atoms with van der Waals surface area (Å²) in [5.74, 6) is 0. The predicted molar refractivity (Wildman–Crippen MR) is 125 cm³/mol. The molecule has 0 spiro atoms. The lowest BCUT2D eigenvalue weighted by atomic mass is 9.97. The second-order valence-electron chi connectivity index (χ2n) is 7.73. The van der Waals surface area contributed by atoms with Crippen LogP contribution in [0.15, 0.2) is 102 Å². The van der Waals surface area contributed by atoms with Crippen LogP contribution >= 0.6 is 0 Å². The summed E-state index contributed by atoms with van der Waals surface area (Å²) in [7, 11) is 0. The first kappa shape index (κ1) is 17.0. The van der Waals surface area contributed by atoms with Gasteiger partial charge in [-0.15, -0.1) is 0 Å². The molecular formula is C28H19NO. The van der Waals surface area contributed by atoms with Gasteiger partial charge >= 0.3 is 0 Å². The number of fused-ring (bicyclic) bond motifs is 4. The van der Waals surface area contributed by atoms with Crippen LogP contribution in [0.4, 0.5) is 0 Å². The Bertz CT molecular complexity index is 1560. The Morgan fingerprint density at radius 1 is 0.667 bits per heavy atom. The van der Waals surface area contributed by atoms with E-state index in [1.807, 2.05) is 24.4 Å². The van der Waals surface area contributed by atoms with Gasteiger partial charge in [-0.1, -0.05) is 66.7 Å². The fourth-order valence-electron chi connectivity index (χ4n) is 4.29. The van der Waals surface area contributed by atoms with Gasteiger partial charge in [-0.2, -0.15) is 0 Å². The summed E-state index contributed by atoms with van der Waals surface area (Å²) in [5.41, 5.74) is 7.29. The van der Waals surface area contributed by atoms with E-state index in [1.54, 1.807) is 0 Å². The van der Waals surface area contributed by atoms with Gasteiger partial charge in [0.25, 0.3) is 0 Å². The Labute approximate surface area is 174 Å². The molecule has 0 amide bonds. The molecule has 0 saturated heterocycles. The van der Waals surface area contributed by atoms with Crippen LogP contribution < -0.4 is 0 Å². The van der Waals surface area contributed by atoms with Crippen LogP contribution in [0.5, 0.6) is 0 Å². The molecule has 2 heteroatoms. The highest BCUT2D eigenvalue weighted by atomic mass is 16.3. The van der Waals surface area contributed by atoms with Gasteiger partial charge in [0.1, 0.15) is 11.2 Å². The molecule has 0 atom stereocenters. The maximum absolute atomic E-state index is 6.23. The Hall–Kier alpha value is -3.91. The number of aromatic nitrogens is 1. The number of aryl methyl sites for hydroxylation is 1. The molecule has 0 fully saturated rings. The molecule has 0 bridgehead atoms. The minimum Gasteiger partial charge on any atom is -0.455 e. The number of hydrogen-bond acceptors (Lipinski definition) is 2. The number of nitrogens with zero attached hydrogens (tertiary/aromatic N) is 1. The maximum atomic E-state index is 6.23. The second-order valence-corrected chi connectivity index (χ2v) is 7.73. The van der Waals surface area contributed by atoms with Gasteiger partial charge in [-0.25, -0.2) is 0 Å². The highest BCUT2D eigenvalue weighted by Gasteiger charge is 2.14. The van der Waals surface area contributed by atoms with Crippen molar-refractivity contribution in [1.82, 2.24) is 4.98 Å². The van der Waals surface area contributed by atoms with E-state index in [-0.39, 0.29) is 0 Å². The number of rotatable bonds is 2. The monoisotopic (exact) mass is 385 g/mol. The first-order valence-corrected chi connectivity index (χ1v) is 10.1. The Morgan fingerprint density at radius 3 is 2.40 bits per heavy atom. The standard InChI is InChI=1S/C28H19NO/c1-18-17-29-26(16-25(18)21-14-13-19-7-2-3-8-20(19)15-21)24-11-6-10-23-22-9-4-5-12-27(22)30-28(23)24/h2-17H,1H3. The van der Waals surface area contributed by atoms with Crippen molar-refractivity contribution in [1.29, 1.82) is 0 Å². The zero-order valence-corrected chi connectivity index (χ0v) is 16.6. The summed E-state index contributed by atoms with van der Waals surface area (Å²) in [5, 5.41) is 4.75. The molecule has 0 aliphatic heterocycles. The number of hydrogen-bond donors (Lipinski definition) is 0. The van der Waals surface area contributed by atoms with Crippen LogP contribution in [-0.2, 0) is 0 Å². The van der Waals surface area contributed by atoms with Gasteiger partial charge in [-0.05, 0) is 58.7 Å². The third-order valence-electron chi connectivity index (χ3n) is 5.84. The lowest BCUT2D eigenvalue weighted by Crippen LogP contribution is -1.90. The van der Waals surface area contributed by atoms with Crippen LogP contribution in [0.3, 0.4) is 0 Å². The van der Waals surface area contributed by atoms with Crippen molar-refractivity contribution in [3.8, 4) is 22.4 Å². The maximum Gasteiger partial charge on any atom is 0.144 e. The Morgan fingerprint density at radius 2 is 1.47 bits per heavy atom. The Balaban J connectivity index is 1.56. The number of furan rings is 1. The van der Waals surface area contributed by atoms with E-state index < -0.39 is 0 Å². The van der Waals surface area contributed by atoms with Gasteiger partial charge in [0.05, 0.1) is 5.69 Å². The average Bonchev–Trinajstić information content (AvgIpc) is 3.18. The normalized spacial score (nSPS) is 11.5. The summed E-state index contributed by atoms with van der Waals surface area (Å²) in [6.45, 7) is 2.11. The van der Waals surface area contributed by atoms with Crippen LogP contribution in [0.1, 0.15) is 5.56 Å². The summed E-state index contributed by atoms with van der Waals surface area (Å²) in [6, 6.07) is 31.7. The molecule has 4 aromatic carbocycles. The minimum absolute atomic E-state index is 0.888. The smallest absolute Gasteiger partial charge is 0.144 e. The van der Waals surface area contributed by atoms with Gasteiger partial charge in [0.15, 0.2) is 0 Å². The first-order valence-electron chi connectivity index (χ1n) is 10.1. The van der Waals surface area contributed by atoms with E-state index in [0.29, 0.717) is 0 Å². The summed E-state index contributed by atoms with van der Waals surface area (Å²) in [6.07, 6.45) is 1.96. The van der Waals surface area contributed by atoms with E-state index in [1.165, 1.54) is 21.9 Å². The topological polar surface area (TPSA) is 26.0 Å². The third-order valence-corrected chi connectivity index (χ3v) is 5.84. The van der Waals surface area contributed by atoms with E-state index in [4.69, 9.17) is 9.40 Å². The van der Waals surface area contributed by atoms with E-state index >= 15 is 0 Å². The van der Waals surface area contributed by atoms with E-state index in [2.05, 4.69) is 79.7 Å². The van der Waals surface area contributed by atoms with Crippen molar-refractivity contribution in [2.45, 2.75) is 6.92 Å². The van der Waals surface area contributed by atoms with E-state index in [0.717, 1.165) is 38.8 Å². The molecule has 2 nitrogen and oxygen atoms in total. The molecule has 2 aromatic heterocycles. The molecule has 0 unspecified atom stereocenters. The number of benzene rings is 4. The molecule has 0 N–H and O–H groups in total. The molecule has 30 heavy (non-hydrogen) atoms. The van der Waals surface area contributed by atoms with Gasteiger partial charge < -0.3 is 4.42 Å². The van der Waals surface area contributed by atoms with Crippen molar-refractivity contribution in [2.75, 3.05) is 0 Å². The predicted octanol–water partition coefficient (Wildman–Crippen LogP) is 7.78. The fraction of sp³-hybridized carbons (Fsp3) is 0.0357. The van der Waals surface area contributed by atoms with Crippen molar-refractivity contribution in [2.24, 2.45) is 0 Å².